The summed E-state index contributed by atoms with van der Waals surface area (Å²) in [5, 5.41) is 3.02. The molecule has 112 valence electrons. The van der Waals surface area contributed by atoms with Crippen molar-refractivity contribution in [2.24, 2.45) is 0 Å². The second-order valence-corrected chi connectivity index (χ2v) is 8.19. The van der Waals surface area contributed by atoms with E-state index in [1.165, 1.54) is 32.0 Å². The number of nitrogens with one attached hydrogen (secondary N) is 1. The molecule has 1 N–H and O–H groups in total. The molecule has 1 saturated heterocycles. The molecule has 2 rings (SSSR count). The lowest BCUT2D eigenvalue weighted by Gasteiger charge is -2.42. The molecule has 0 aromatic heterocycles. The van der Waals surface area contributed by atoms with E-state index in [0.717, 1.165) is 6.07 Å². The normalized spacial score (nSPS) is 19.8. The Labute approximate surface area is 118 Å². The van der Waals surface area contributed by atoms with Gasteiger partial charge in [0.1, 0.15) is 16.2 Å². The smallest absolute Gasteiger partial charge is 0.186 e. The summed E-state index contributed by atoms with van der Waals surface area (Å²) < 4.78 is 52.1. The summed E-state index contributed by atoms with van der Waals surface area (Å²) in [5.41, 5.74) is -1.82. The van der Waals surface area contributed by atoms with Crippen LogP contribution < -0.4 is 5.32 Å². The van der Waals surface area contributed by atoms with Gasteiger partial charge >= 0.3 is 0 Å². The first-order valence-corrected chi connectivity index (χ1v) is 8.09. The standard InChI is InChI=1S/C14H19F2NO2S/c1-13(2,14(16)6-8-17-9-7-14)20(18,19)12-5-3-4-11(15)10-12/h3-5,10,17H,6-9H2,1-2H3. The van der Waals surface area contributed by atoms with Crippen LogP contribution >= 0.6 is 0 Å². The first-order valence-electron chi connectivity index (χ1n) is 6.61. The fraction of sp³-hybridized carbons (Fsp3) is 0.571. The van der Waals surface area contributed by atoms with Crippen LogP contribution in [0.2, 0.25) is 0 Å². The van der Waals surface area contributed by atoms with Crippen molar-refractivity contribution in [3.8, 4) is 0 Å². The summed E-state index contributed by atoms with van der Waals surface area (Å²) in [6.07, 6.45) is 0.267. The first-order chi connectivity index (χ1) is 9.21. The molecule has 1 aromatic rings. The number of rotatable bonds is 3. The third kappa shape index (κ3) is 2.35. The Morgan fingerprint density at radius 3 is 2.40 bits per heavy atom. The number of hydrogen-bond acceptors (Lipinski definition) is 3. The van der Waals surface area contributed by atoms with Crippen molar-refractivity contribution in [2.75, 3.05) is 13.1 Å². The van der Waals surface area contributed by atoms with Crippen LogP contribution in [-0.2, 0) is 9.84 Å². The van der Waals surface area contributed by atoms with E-state index in [2.05, 4.69) is 5.32 Å². The van der Waals surface area contributed by atoms with Crippen LogP contribution in [0.4, 0.5) is 8.78 Å². The van der Waals surface area contributed by atoms with E-state index in [1.807, 2.05) is 0 Å². The average molecular weight is 303 g/mol. The summed E-state index contributed by atoms with van der Waals surface area (Å²) >= 11 is 0. The Bertz CT molecular complexity index is 593. The van der Waals surface area contributed by atoms with Crippen LogP contribution in [0.5, 0.6) is 0 Å². The Morgan fingerprint density at radius 1 is 1.25 bits per heavy atom. The molecular weight excluding hydrogens is 284 g/mol. The van der Waals surface area contributed by atoms with E-state index < -0.39 is 26.1 Å². The van der Waals surface area contributed by atoms with Crippen molar-refractivity contribution in [3.05, 3.63) is 30.1 Å². The van der Waals surface area contributed by atoms with Crippen molar-refractivity contribution in [3.63, 3.8) is 0 Å². The number of hydrogen-bond donors (Lipinski definition) is 1. The second kappa shape index (κ2) is 5.07. The molecule has 1 aliphatic heterocycles. The summed E-state index contributed by atoms with van der Waals surface area (Å²) in [6, 6.07) is 4.75. The average Bonchev–Trinajstić information content (AvgIpc) is 2.39. The Balaban J connectivity index is 2.46. The zero-order valence-electron chi connectivity index (χ0n) is 11.6. The maximum absolute atomic E-state index is 15.1. The minimum atomic E-state index is -3.96. The number of benzene rings is 1. The Morgan fingerprint density at radius 2 is 1.85 bits per heavy atom. The van der Waals surface area contributed by atoms with Gasteiger partial charge in [0, 0.05) is 0 Å². The highest BCUT2D eigenvalue weighted by molar-refractivity contribution is 7.92. The van der Waals surface area contributed by atoms with Crippen molar-refractivity contribution in [1.82, 2.24) is 5.32 Å². The van der Waals surface area contributed by atoms with E-state index in [0.29, 0.717) is 13.1 Å². The topological polar surface area (TPSA) is 46.2 Å². The van der Waals surface area contributed by atoms with Crippen LogP contribution in [0.1, 0.15) is 26.7 Å². The third-order valence-electron chi connectivity index (χ3n) is 4.25. The SMILES string of the molecule is CC(C)(C1(F)CCNCC1)S(=O)(=O)c1cccc(F)c1. The van der Waals surface area contributed by atoms with E-state index in [-0.39, 0.29) is 17.7 Å². The molecule has 0 bridgehead atoms. The van der Waals surface area contributed by atoms with E-state index >= 15 is 4.39 Å². The molecule has 3 nitrogen and oxygen atoms in total. The van der Waals surface area contributed by atoms with Crippen LogP contribution in [0.25, 0.3) is 0 Å². The number of halogens is 2. The maximum Gasteiger partial charge on any atom is 0.186 e. The highest BCUT2D eigenvalue weighted by Crippen LogP contribution is 2.42. The fourth-order valence-electron chi connectivity index (χ4n) is 2.59. The van der Waals surface area contributed by atoms with E-state index in [9.17, 15) is 12.8 Å². The molecule has 0 saturated carbocycles. The molecule has 1 heterocycles. The Hall–Kier alpha value is -1.01. The predicted molar refractivity (Wildman–Crippen MR) is 73.6 cm³/mol. The lowest BCUT2D eigenvalue weighted by atomic mass is 9.83. The maximum atomic E-state index is 15.1. The third-order valence-corrected chi connectivity index (χ3v) is 6.84. The predicted octanol–water partition coefficient (Wildman–Crippen LogP) is 2.47. The van der Waals surface area contributed by atoms with E-state index in [4.69, 9.17) is 0 Å². The van der Waals surface area contributed by atoms with Gasteiger partial charge in [0.25, 0.3) is 0 Å². The van der Waals surface area contributed by atoms with Gasteiger partial charge < -0.3 is 5.32 Å². The lowest BCUT2D eigenvalue weighted by molar-refractivity contribution is 0.0760. The van der Waals surface area contributed by atoms with Gasteiger partial charge in [-0.2, -0.15) is 0 Å². The zero-order valence-corrected chi connectivity index (χ0v) is 12.4. The van der Waals surface area contributed by atoms with Gasteiger partial charge in [-0.1, -0.05) is 6.07 Å². The Kier molecular flexibility index (Phi) is 3.90. The monoisotopic (exact) mass is 303 g/mol. The molecule has 1 aliphatic rings. The first kappa shape index (κ1) is 15.4. The molecule has 0 spiro atoms. The van der Waals surface area contributed by atoms with Gasteiger partial charge in [-0.15, -0.1) is 0 Å². The van der Waals surface area contributed by atoms with Gasteiger partial charge in [-0.05, 0) is 58.0 Å². The van der Waals surface area contributed by atoms with Crippen LogP contribution in [0.15, 0.2) is 29.2 Å². The lowest BCUT2D eigenvalue weighted by Crippen LogP contribution is -2.56. The molecule has 20 heavy (non-hydrogen) atoms. The number of piperidine rings is 1. The molecule has 1 fully saturated rings. The van der Waals surface area contributed by atoms with Crippen molar-refractivity contribution < 1.29 is 17.2 Å². The zero-order chi connectivity index (χ0) is 15.0. The molecule has 0 atom stereocenters. The molecule has 1 aromatic carbocycles. The van der Waals surface area contributed by atoms with Crippen LogP contribution in [0.3, 0.4) is 0 Å². The molecule has 0 amide bonds. The molecule has 6 heteroatoms. The summed E-state index contributed by atoms with van der Waals surface area (Å²) in [4.78, 5) is -0.168. The fourth-order valence-corrected chi connectivity index (χ4v) is 4.40. The van der Waals surface area contributed by atoms with Gasteiger partial charge in [-0.25, -0.2) is 17.2 Å². The van der Waals surface area contributed by atoms with Gasteiger partial charge in [0.15, 0.2) is 9.84 Å². The van der Waals surface area contributed by atoms with Crippen LogP contribution in [-0.4, -0.2) is 31.9 Å². The minimum absolute atomic E-state index is 0.133. The van der Waals surface area contributed by atoms with Crippen molar-refractivity contribution in [1.29, 1.82) is 0 Å². The molecular formula is C14H19F2NO2S. The molecule has 0 unspecified atom stereocenters. The minimum Gasteiger partial charge on any atom is -0.316 e. The largest absolute Gasteiger partial charge is 0.316 e. The highest BCUT2D eigenvalue weighted by Gasteiger charge is 2.54. The number of sulfone groups is 1. The van der Waals surface area contributed by atoms with Crippen molar-refractivity contribution >= 4 is 9.84 Å². The van der Waals surface area contributed by atoms with E-state index in [1.54, 1.807) is 0 Å². The summed E-state index contributed by atoms with van der Waals surface area (Å²) in [6.45, 7) is 3.66. The molecule has 0 aliphatic carbocycles. The second-order valence-electron chi connectivity index (χ2n) is 5.69. The van der Waals surface area contributed by atoms with Gasteiger partial charge in [0.2, 0.25) is 0 Å². The molecule has 0 radical (unpaired) electrons. The number of alkyl halides is 1. The van der Waals surface area contributed by atoms with Gasteiger partial charge in [0.05, 0.1) is 4.90 Å². The van der Waals surface area contributed by atoms with Crippen molar-refractivity contribution in [2.45, 2.75) is 42.0 Å². The quantitative estimate of drug-likeness (QED) is 0.933. The van der Waals surface area contributed by atoms with Crippen LogP contribution in [0, 0.1) is 5.82 Å². The summed E-state index contributed by atoms with van der Waals surface area (Å²) in [5.74, 6) is -0.639. The summed E-state index contributed by atoms with van der Waals surface area (Å²) in [7, 11) is -3.96. The van der Waals surface area contributed by atoms with Gasteiger partial charge in [-0.3, -0.25) is 0 Å². The highest BCUT2D eigenvalue weighted by atomic mass is 32.2.